The van der Waals surface area contributed by atoms with E-state index in [1.165, 1.54) is 4.90 Å². The molecular weight excluding hydrogens is 310 g/mol. The number of alkyl carbamates (subject to hydrolysis) is 1. The smallest absolute Gasteiger partial charge is 0.407 e. The van der Waals surface area contributed by atoms with Gasteiger partial charge in [-0.25, -0.2) is 4.79 Å². The van der Waals surface area contributed by atoms with Crippen LogP contribution >= 0.6 is 0 Å². The second kappa shape index (κ2) is 8.47. The Labute approximate surface area is 143 Å². The van der Waals surface area contributed by atoms with Gasteiger partial charge >= 0.3 is 6.09 Å². The molecule has 0 bridgehead atoms. The molecule has 1 rings (SSSR count). The molecule has 1 atom stereocenters. The van der Waals surface area contributed by atoms with Gasteiger partial charge in [0, 0.05) is 26.7 Å². The molecule has 0 saturated heterocycles. The molecule has 8 heteroatoms. The van der Waals surface area contributed by atoms with Gasteiger partial charge in [-0.3, -0.25) is 4.79 Å². The lowest BCUT2D eigenvalue weighted by molar-refractivity contribution is 0.0507. The lowest BCUT2D eigenvalue weighted by Crippen LogP contribution is -2.38. The minimum atomic E-state index is -0.511. The van der Waals surface area contributed by atoms with E-state index >= 15 is 0 Å². The van der Waals surface area contributed by atoms with Crippen molar-refractivity contribution in [1.29, 1.82) is 0 Å². The molecule has 0 spiro atoms. The normalized spacial score (nSPS) is 12.2. The van der Waals surface area contributed by atoms with Crippen LogP contribution in [0.4, 0.5) is 10.6 Å². The fourth-order valence-corrected chi connectivity index (χ4v) is 1.77. The van der Waals surface area contributed by atoms with Crippen LogP contribution in [0.15, 0.2) is 12.1 Å². The number of carbonyl (C=O) groups is 2. The molecule has 0 aliphatic rings. The zero-order chi connectivity index (χ0) is 18.3. The molecule has 1 aromatic rings. The highest BCUT2D eigenvalue weighted by molar-refractivity contribution is 5.91. The van der Waals surface area contributed by atoms with Gasteiger partial charge in [0.25, 0.3) is 5.91 Å². The van der Waals surface area contributed by atoms with Crippen LogP contribution in [-0.2, 0) is 4.74 Å². The van der Waals surface area contributed by atoms with E-state index in [4.69, 9.17) is 4.74 Å². The van der Waals surface area contributed by atoms with Crippen LogP contribution in [0.2, 0.25) is 0 Å². The summed E-state index contributed by atoms with van der Waals surface area (Å²) in [7, 11) is 3.32. The highest BCUT2D eigenvalue weighted by Gasteiger charge is 2.17. The quantitative estimate of drug-likeness (QED) is 0.823. The van der Waals surface area contributed by atoms with Crippen molar-refractivity contribution in [3.05, 3.63) is 17.8 Å². The molecule has 24 heavy (non-hydrogen) atoms. The highest BCUT2D eigenvalue weighted by atomic mass is 16.6. The molecule has 1 aromatic heterocycles. The largest absolute Gasteiger partial charge is 0.444 e. The Hall–Kier alpha value is -2.38. The Morgan fingerprint density at radius 3 is 2.42 bits per heavy atom. The van der Waals surface area contributed by atoms with Crippen molar-refractivity contribution in [2.75, 3.05) is 26.0 Å². The van der Waals surface area contributed by atoms with E-state index in [1.807, 2.05) is 27.7 Å². The van der Waals surface area contributed by atoms with Gasteiger partial charge in [0.2, 0.25) is 0 Å². The van der Waals surface area contributed by atoms with E-state index in [1.54, 1.807) is 26.2 Å². The first-order valence-corrected chi connectivity index (χ1v) is 7.87. The van der Waals surface area contributed by atoms with Crippen molar-refractivity contribution >= 4 is 17.8 Å². The van der Waals surface area contributed by atoms with E-state index in [-0.39, 0.29) is 11.9 Å². The molecule has 2 amide bonds. The second-order valence-corrected chi connectivity index (χ2v) is 6.77. The fourth-order valence-electron chi connectivity index (χ4n) is 1.77. The molecule has 134 valence electrons. The monoisotopic (exact) mass is 337 g/mol. The van der Waals surface area contributed by atoms with E-state index in [0.29, 0.717) is 24.5 Å². The minimum absolute atomic E-state index is 0.0464. The number of nitrogens with one attached hydrogen (secondary N) is 2. The summed E-state index contributed by atoms with van der Waals surface area (Å²) >= 11 is 0. The molecule has 0 fully saturated rings. The molecule has 0 aliphatic heterocycles. The zero-order valence-corrected chi connectivity index (χ0v) is 15.2. The van der Waals surface area contributed by atoms with Gasteiger partial charge in [-0.15, -0.1) is 10.2 Å². The van der Waals surface area contributed by atoms with Crippen LogP contribution in [0, 0.1) is 0 Å². The summed E-state index contributed by atoms with van der Waals surface area (Å²) < 4.78 is 5.20. The maximum absolute atomic E-state index is 11.7. The van der Waals surface area contributed by atoms with Crippen LogP contribution in [0.5, 0.6) is 0 Å². The van der Waals surface area contributed by atoms with Crippen molar-refractivity contribution in [3.63, 3.8) is 0 Å². The summed E-state index contributed by atoms with van der Waals surface area (Å²) in [6, 6.07) is 3.28. The van der Waals surface area contributed by atoms with Crippen molar-refractivity contribution in [1.82, 2.24) is 20.4 Å². The zero-order valence-electron chi connectivity index (χ0n) is 15.2. The molecule has 0 aromatic carbocycles. The summed E-state index contributed by atoms with van der Waals surface area (Å²) in [6.45, 7) is 7.97. The predicted octanol–water partition coefficient (Wildman–Crippen LogP) is 1.89. The molecule has 0 aliphatic carbocycles. The Bertz CT molecular complexity index is 552. The summed E-state index contributed by atoms with van der Waals surface area (Å²) in [5.41, 5.74) is -0.214. The molecule has 2 N–H and O–H groups in total. The lowest BCUT2D eigenvalue weighted by Gasteiger charge is -2.22. The number of hydrogen-bond acceptors (Lipinski definition) is 6. The van der Waals surface area contributed by atoms with Crippen LogP contribution in [0.1, 0.15) is 44.6 Å². The number of amides is 2. The Morgan fingerprint density at radius 1 is 1.25 bits per heavy atom. The average molecular weight is 337 g/mol. The van der Waals surface area contributed by atoms with Gasteiger partial charge in [-0.2, -0.15) is 0 Å². The predicted molar refractivity (Wildman–Crippen MR) is 92.0 cm³/mol. The van der Waals surface area contributed by atoms with E-state index in [9.17, 15) is 9.59 Å². The maximum atomic E-state index is 11.7. The summed E-state index contributed by atoms with van der Waals surface area (Å²) in [4.78, 5) is 24.8. The third-order valence-corrected chi connectivity index (χ3v) is 2.94. The molecule has 0 unspecified atom stereocenters. The second-order valence-electron chi connectivity index (χ2n) is 6.77. The van der Waals surface area contributed by atoms with Gasteiger partial charge in [-0.05, 0) is 46.2 Å². The van der Waals surface area contributed by atoms with Gasteiger partial charge in [-0.1, -0.05) is 0 Å². The number of rotatable bonds is 6. The first kappa shape index (κ1) is 19.7. The van der Waals surface area contributed by atoms with E-state index in [0.717, 1.165) is 0 Å². The van der Waals surface area contributed by atoms with Crippen LogP contribution in [0.25, 0.3) is 0 Å². The number of carbonyl (C=O) groups excluding carboxylic acids is 2. The Balaban J connectivity index is 2.37. The van der Waals surface area contributed by atoms with Crippen LogP contribution < -0.4 is 10.6 Å². The first-order valence-electron chi connectivity index (χ1n) is 7.87. The van der Waals surface area contributed by atoms with Gasteiger partial charge in [0.15, 0.2) is 5.69 Å². The van der Waals surface area contributed by atoms with Crippen LogP contribution in [-0.4, -0.2) is 59.4 Å². The van der Waals surface area contributed by atoms with Crippen molar-refractivity contribution < 1.29 is 14.3 Å². The molecular formula is C16H27N5O3. The average Bonchev–Trinajstić information content (AvgIpc) is 2.45. The lowest BCUT2D eigenvalue weighted by atomic mass is 10.2. The summed E-state index contributed by atoms with van der Waals surface area (Å²) in [5, 5.41) is 13.7. The number of hydrogen-bond donors (Lipinski definition) is 2. The van der Waals surface area contributed by atoms with Crippen LogP contribution in [0.3, 0.4) is 0 Å². The first-order chi connectivity index (χ1) is 11.1. The number of aromatic nitrogens is 2. The Kier molecular flexibility index (Phi) is 6.94. The van der Waals surface area contributed by atoms with Crippen molar-refractivity contribution in [2.45, 2.75) is 45.8 Å². The third-order valence-electron chi connectivity index (χ3n) is 2.94. The fraction of sp³-hybridized carbons (Fsp3) is 0.625. The van der Waals surface area contributed by atoms with Gasteiger partial charge in [0.1, 0.15) is 11.4 Å². The van der Waals surface area contributed by atoms with Gasteiger partial charge in [0.05, 0.1) is 0 Å². The summed E-state index contributed by atoms with van der Waals surface area (Å²) in [6.07, 6.45) is 0.264. The van der Waals surface area contributed by atoms with E-state index < -0.39 is 11.7 Å². The summed E-state index contributed by atoms with van der Waals surface area (Å²) in [5.74, 6) is 0.388. The van der Waals surface area contributed by atoms with Gasteiger partial charge < -0.3 is 20.3 Å². The topological polar surface area (TPSA) is 96.5 Å². The molecule has 0 radical (unpaired) electrons. The molecule has 8 nitrogen and oxygen atoms in total. The molecule has 1 heterocycles. The number of nitrogens with zero attached hydrogens (tertiary/aromatic N) is 3. The minimum Gasteiger partial charge on any atom is -0.444 e. The standard InChI is InChI=1S/C16H27N5O3/c1-11(18-15(23)24-16(2,3)4)9-10-17-13-8-7-12(19-20-13)14(22)21(5)6/h7-8,11H,9-10H2,1-6H3,(H,17,20)(H,18,23)/t11-/m1/s1. The van der Waals surface area contributed by atoms with Crippen molar-refractivity contribution in [3.8, 4) is 0 Å². The number of ether oxygens (including phenoxy) is 1. The maximum Gasteiger partial charge on any atom is 0.407 e. The SMILES string of the molecule is C[C@H](CCNc1ccc(C(=O)N(C)C)nn1)NC(=O)OC(C)(C)C. The van der Waals surface area contributed by atoms with Crippen molar-refractivity contribution in [2.24, 2.45) is 0 Å². The Morgan fingerprint density at radius 2 is 1.92 bits per heavy atom. The molecule has 0 saturated carbocycles. The van der Waals surface area contributed by atoms with E-state index in [2.05, 4.69) is 20.8 Å². The number of anilines is 1. The third kappa shape index (κ3) is 7.26. The highest BCUT2D eigenvalue weighted by Crippen LogP contribution is 2.07.